The van der Waals surface area contributed by atoms with Crippen molar-refractivity contribution in [2.24, 2.45) is 5.92 Å². The van der Waals surface area contributed by atoms with Gasteiger partial charge in [0.2, 0.25) is 0 Å². The van der Waals surface area contributed by atoms with E-state index in [1.807, 2.05) is 0 Å². The lowest BCUT2D eigenvalue weighted by Crippen LogP contribution is -2.28. The number of hydrogen-bond acceptors (Lipinski definition) is 5. The highest BCUT2D eigenvalue weighted by Gasteiger charge is 2.33. The Hall–Kier alpha value is -0.960. The standard InChI is InChI=1S/C11H15NO5S2/c13-6-4-8-3-5-12(7-8)19(16,17)10-2-1-9(18-10)11(14)15/h1-2,8,13H,3-7H2,(H,14,15). The molecule has 1 saturated heterocycles. The molecule has 1 aromatic rings. The molecule has 19 heavy (non-hydrogen) atoms. The van der Waals surface area contributed by atoms with Gasteiger partial charge >= 0.3 is 5.97 Å². The number of hydrogen-bond donors (Lipinski definition) is 2. The van der Waals surface area contributed by atoms with E-state index in [0.717, 1.165) is 17.8 Å². The average Bonchev–Trinajstić information content (AvgIpc) is 2.98. The van der Waals surface area contributed by atoms with Gasteiger partial charge in [0, 0.05) is 19.7 Å². The Kier molecular flexibility index (Phi) is 4.24. The lowest BCUT2D eigenvalue weighted by Gasteiger charge is -2.14. The van der Waals surface area contributed by atoms with E-state index in [9.17, 15) is 13.2 Å². The number of thiophene rings is 1. The van der Waals surface area contributed by atoms with E-state index in [1.165, 1.54) is 16.4 Å². The number of rotatable bonds is 5. The lowest BCUT2D eigenvalue weighted by molar-refractivity contribution is 0.0702. The molecule has 0 aromatic carbocycles. The molecule has 2 heterocycles. The predicted molar refractivity (Wildman–Crippen MR) is 69.8 cm³/mol. The number of aliphatic hydroxyl groups excluding tert-OH is 1. The van der Waals surface area contributed by atoms with Crippen LogP contribution in [0.5, 0.6) is 0 Å². The summed E-state index contributed by atoms with van der Waals surface area (Å²) in [5.74, 6) is -0.940. The number of aromatic carboxylic acids is 1. The normalized spacial score (nSPS) is 20.8. The van der Waals surface area contributed by atoms with Crippen LogP contribution in [0, 0.1) is 5.92 Å². The summed E-state index contributed by atoms with van der Waals surface area (Å²) in [6, 6.07) is 2.64. The van der Waals surface area contributed by atoms with Crippen LogP contribution in [0.1, 0.15) is 22.5 Å². The van der Waals surface area contributed by atoms with Crippen LogP contribution in [0.25, 0.3) is 0 Å². The van der Waals surface area contributed by atoms with Crippen molar-refractivity contribution in [3.8, 4) is 0 Å². The second-order valence-corrected chi connectivity index (χ2v) is 7.70. The van der Waals surface area contributed by atoms with Crippen LogP contribution in [0.3, 0.4) is 0 Å². The molecule has 1 fully saturated rings. The van der Waals surface area contributed by atoms with Gasteiger partial charge in [-0.15, -0.1) is 11.3 Å². The third kappa shape index (κ3) is 2.97. The number of sulfonamides is 1. The van der Waals surface area contributed by atoms with Gasteiger partial charge in [-0.1, -0.05) is 0 Å². The predicted octanol–water partition coefficient (Wildman–Crippen LogP) is 0.839. The fourth-order valence-corrected chi connectivity index (χ4v) is 4.96. The van der Waals surface area contributed by atoms with E-state index >= 15 is 0 Å². The smallest absolute Gasteiger partial charge is 0.345 e. The van der Waals surface area contributed by atoms with Gasteiger partial charge in [-0.25, -0.2) is 13.2 Å². The topological polar surface area (TPSA) is 94.9 Å². The van der Waals surface area contributed by atoms with E-state index in [1.54, 1.807) is 0 Å². The lowest BCUT2D eigenvalue weighted by atomic mass is 10.1. The zero-order chi connectivity index (χ0) is 14.0. The molecule has 0 saturated carbocycles. The minimum atomic E-state index is -3.60. The Bertz CT molecular complexity index is 565. The monoisotopic (exact) mass is 305 g/mol. The molecule has 0 aliphatic carbocycles. The summed E-state index contributed by atoms with van der Waals surface area (Å²) in [6.07, 6.45) is 1.33. The molecule has 1 unspecified atom stereocenters. The van der Waals surface area contributed by atoms with Crippen LogP contribution >= 0.6 is 11.3 Å². The maximum Gasteiger partial charge on any atom is 0.345 e. The van der Waals surface area contributed by atoms with Gasteiger partial charge in [-0.2, -0.15) is 4.31 Å². The number of carboxylic acids is 1. The molecule has 6 nitrogen and oxygen atoms in total. The van der Waals surface area contributed by atoms with Crippen LogP contribution < -0.4 is 0 Å². The molecule has 1 aliphatic heterocycles. The molecule has 1 aliphatic rings. The molecular weight excluding hydrogens is 290 g/mol. The number of aliphatic hydroxyl groups is 1. The second-order valence-electron chi connectivity index (χ2n) is 4.45. The Morgan fingerprint density at radius 2 is 2.21 bits per heavy atom. The van der Waals surface area contributed by atoms with Crippen molar-refractivity contribution in [2.45, 2.75) is 17.1 Å². The Morgan fingerprint density at radius 1 is 1.47 bits per heavy atom. The first-order chi connectivity index (χ1) is 8.95. The molecule has 106 valence electrons. The van der Waals surface area contributed by atoms with Crippen LogP contribution in [-0.4, -0.2) is 48.6 Å². The van der Waals surface area contributed by atoms with Crippen LogP contribution in [0.2, 0.25) is 0 Å². The van der Waals surface area contributed by atoms with Gasteiger partial charge in [-0.05, 0) is 30.9 Å². The van der Waals surface area contributed by atoms with Crippen molar-refractivity contribution in [3.63, 3.8) is 0 Å². The maximum absolute atomic E-state index is 12.3. The van der Waals surface area contributed by atoms with E-state index in [2.05, 4.69) is 0 Å². The third-order valence-electron chi connectivity index (χ3n) is 3.17. The highest BCUT2D eigenvalue weighted by molar-refractivity contribution is 7.91. The van der Waals surface area contributed by atoms with Gasteiger partial charge in [0.25, 0.3) is 10.0 Å². The van der Waals surface area contributed by atoms with Gasteiger partial charge in [0.1, 0.15) is 9.09 Å². The molecule has 0 spiro atoms. The fraction of sp³-hybridized carbons (Fsp3) is 0.545. The summed E-state index contributed by atoms with van der Waals surface area (Å²) in [4.78, 5) is 10.8. The van der Waals surface area contributed by atoms with Crippen LogP contribution in [-0.2, 0) is 10.0 Å². The summed E-state index contributed by atoms with van der Waals surface area (Å²) >= 11 is 0.771. The van der Waals surface area contributed by atoms with E-state index < -0.39 is 16.0 Å². The zero-order valence-electron chi connectivity index (χ0n) is 10.2. The molecule has 0 bridgehead atoms. The molecule has 1 atom stereocenters. The molecule has 2 N–H and O–H groups in total. The van der Waals surface area contributed by atoms with Crippen molar-refractivity contribution < 1.29 is 23.4 Å². The first kappa shape index (κ1) is 14.4. The minimum absolute atomic E-state index is 0.0182. The Morgan fingerprint density at radius 3 is 2.79 bits per heavy atom. The van der Waals surface area contributed by atoms with Crippen molar-refractivity contribution in [2.75, 3.05) is 19.7 Å². The van der Waals surface area contributed by atoms with Crippen molar-refractivity contribution >= 4 is 27.3 Å². The largest absolute Gasteiger partial charge is 0.477 e. The van der Waals surface area contributed by atoms with E-state index in [0.29, 0.717) is 19.5 Å². The fourth-order valence-electron chi connectivity index (χ4n) is 2.13. The van der Waals surface area contributed by atoms with Gasteiger partial charge in [0.05, 0.1) is 0 Å². The molecule has 0 radical (unpaired) electrons. The first-order valence-electron chi connectivity index (χ1n) is 5.89. The summed E-state index contributed by atoms with van der Waals surface area (Å²) in [5, 5.41) is 17.7. The molecular formula is C11H15NO5S2. The van der Waals surface area contributed by atoms with Gasteiger partial charge in [-0.3, -0.25) is 0 Å². The summed E-state index contributed by atoms with van der Waals surface area (Å²) in [5.41, 5.74) is 0. The summed E-state index contributed by atoms with van der Waals surface area (Å²) < 4.78 is 26.0. The SMILES string of the molecule is O=C(O)c1ccc(S(=O)(=O)N2CCC(CCO)C2)s1. The first-order valence-corrected chi connectivity index (χ1v) is 8.15. The number of carbonyl (C=O) groups is 1. The van der Waals surface area contributed by atoms with Crippen molar-refractivity contribution in [3.05, 3.63) is 17.0 Å². The highest BCUT2D eigenvalue weighted by Crippen LogP contribution is 2.29. The molecule has 0 amide bonds. The number of carboxylic acid groups (broad SMARTS) is 1. The summed E-state index contributed by atoms with van der Waals surface area (Å²) in [7, 11) is -3.60. The molecule has 1 aromatic heterocycles. The molecule has 2 rings (SSSR count). The minimum Gasteiger partial charge on any atom is -0.477 e. The number of nitrogens with zero attached hydrogens (tertiary/aromatic N) is 1. The van der Waals surface area contributed by atoms with Crippen molar-refractivity contribution in [1.82, 2.24) is 4.31 Å². The van der Waals surface area contributed by atoms with Crippen molar-refractivity contribution in [1.29, 1.82) is 0 Å². The molecule has 8 heteroatoms. The third-order valence-corrected chi connectivity index (χ3v) is 6.58. The highest BCUT2D eigenvalue weighted by atomic mass is 32.2. The maximum atomic E-state index is 12.3. The zero-order valence-corrected chi connectivity index (χ0v) is 11.8. The summed E-state index contributed by atoms with van der Waals surface area (Å²) in [6.45, 7) is 0.872. The Labute approximate surface area is 115 Å². The van der Waals surface area contributed by atoms with Gasteiger partial charge < -0.3 is 10.2 Å². The van der Waals surface area contributed by atoms with Crippen LogP contribution in [0.4, 0.5) is 0 Å². The van der Waals surface area contributed by atoms with Gasteiger partial charge in [0.15, 0.2) is 0 Å². The average molecular weight is 305 g/mol. The van der Waals surface area contributed by atoms with E-state index in [-0.39, 0.29) is 21.6 Å². The van der Waals surface area contributed by atoms with E-state index in [4.69, 9.17) is 10.2 Å². The quantitative estimate of drug-likeness (QED) is 0.840. The van der Waals surface area contributed by atoms with Crippen LogP contribution in [0.15, 0.2) is 16.3 Å². The Balaban J connectivity index is 2.16. The second kappa shape index (κ2) is 5.58.